The van der Waals surface area contributed by atoms with E-state index in [0.29, 0.717) is 29.2 Å². The number of aryl methyl sites for hydroxylation is 1. The maximum atomic E-state index is 12.6. The molecule has 0 aliphatic heterocycles. The molecule has 0 saturated heterocycles. The summed E-state index contributed by atoms with van der Waals surface area (Å²) in [7, 11) is 3.32. The zero-order chi connectivity index (χ0) is 19.4. The van der Waals surface area contributed by atoms with Gasteiger partial charge < -0.3 is 9.64 Å². The van der Waals surface area contributed by atoms with Gasteiger partial charge in [-0.1, -0.05) is 23.7 Å². The topological polar surface area (TPSA) is 64.4 Å². The molecule has 27 heavy (non-hydrogen) atoms. The first-order valence-electron chi connectivity index (χ1n) is 8.51. The fourth-order valence-corrected chi connectivity index (χ4v) is 3.14. The zero-order valence-electron chi connectivity index (χ0n) is 15.2. The number of ether oxygens (including phenoxy) is 1. The van der Waals surface area contributed by atoms with Crippen molar-refractivity contribution in [1.82, 2.24) is 14.7 Å². The molecule has 6 nitrogen and oxygen atoms in total. The molecule has 1 aromatic heterocycles. The van der Waals surface area contributed by atoms with Gasteiger partial charge in [-0.25, -0.2) is 0 Å². The molecule has 140 valence electrons. The van der Waals surface area contributed by atoms with E-state index in [0.717, 1.165) is 11.1 Å². The Hall–Kier alpha value is -2.86. The largest absolute Gasteiger partial charge is 0.496 e. The molecule has 0 N–H and O–H groups in total. The highest BCUT2D eigenvalue weighted by Crippen LogP contribution is 2.24. The average Bonchev–Trinajstić information content (AvgIpc) is 2.67. The van der Waals surface area contributed by atoms with E-state index >= 15 is 0 Å². The second-order valence-electron chi connectivity index (χ2n) is 6.21. The molecule has 0 spiro atoms. The van der Waals surface area contributed by atoms with E-state index in [-0.39, 0.29) is 17.8 Å². The molecule has 3 rings (SSSR count). The first-order chi connectivity index (χ1) is 13.0. The second kappa shape index (κ2) is 8.22. The summed E-state index contributed by atoms with van der Waals surface area (Å²) in [6.45, 7) is 0.775. The van der Waals surface area contributed by atoms with Crippen LogP contribution in [0.3, 0.4) is 0 Å². The monoisotopic (exact) mass is 385 g/mol. The fraction of sp³-hybridized carbons (Fsp3) is 0.250. The quantitative estimate of drug-likeness (QED) is 0.654. The van der Waals surface area contributed by atoms with Crippen molar-refractivity contribution in [1.29, 1.82) is 0 Å². The minimum atomic E-state index is -0.127. The average molecular weight is 386 g/mol. The highest BCUT2D eigenvalue weighted by atomic mass is 35.5. The Morgan fingerprint density at radius 1 is 1.26 bits per heavy atom. The number of halogens is 1. The van der Waals surface area contributed by atoms with Gasteiger partial charge >= 0.3 is 0 Å². The predicted molar refractivity (Wildman–Crippen MR) is 105 cm³/mol. The fourth-order valence-electron chi connectivity index (χ4n) is 2.95. The van der Waals surface area contributed by atoms with E-state index in [1.54, 1.807) is 48.0 Å². The van der Waals surface area contributed by atoms with Crippen LogP contribution >= 0.6 is 11.6 Å². The van der Waals surface area contributed by atoms with Crippen LogP contribution in [-0.4, -0.2) is 34.7 Å². The Kier molecular flexibility index (Phi) is 5.76. The lowest BCUT2D eigenvalue weighted by atomic mass is 10.2. The van der Waals surface area contributed by atoms with Gasteiger partial charge in [0.15, 0.2) is 0 Å². The molecule has 3 aromatic rings. The molecule has 1 heterocycles. The third-order valence-electron chi connectivity index (χ3n) is 4.38. The number of nitrogens with zero attached hydrogens (tertiary/aromatic N) is 3. The molecule has 0 atom stereocenters. The van der Waals surface area contributed by atoms with Crippen LogP contribution < -0.4 is 10.2 Å². The maximum Gasteiger partial charge on any atom is 0.224 e. The summed E-state index contributed by atoms with van der Waals surface area (Å²) in [6, 6.07) is 12.6. The van der Waals surface area contributed by atoms with Crippen molar-refractivity contribution in [3.05, 3.63) is 69.5 Å². The molecule has 2 aromatic carbocycles. The van der Waals surface area contributed by atoms with E-state index < -0.39 is 0 Å². The van der Waals surface area contributed by atoms with Crippen molar-refractivity contribution < 1.29 is 9.53 Å². The lowest BCUT2D eigenvalue weighted by molar-refractivity contribution is -0.130. The Balaban J connectivity index is 1.70. The number of fused-ring (bicyclic) bond motifs is 1. The molecule has 0 saturated carbocycles. The molecular formula is C20H20ClN3O3. The second-order valence-corrected chi connectivity index (χ2v) is 6.64. The smallest absolute Gasteiger partial charge is 0.224 e. The molecular weight excluding hydrogens is 366 g/mol. The van der Waals surface area contributed by atoms with Crippen LogP contribution in [-0.2, 0) is 17.9 Å². The number of carbonyl (C=O) groups excluding carboxylic acids is 1. The molecule has 0 fully saturated rings. The number of hydrogen-bond donors (Lipinski definition) is 0. The summed E-state index contributed by atoms with van der Waals surface area (Å²) in [6.07, 6.45) is 1.55. The van der Waals surface area contributed by atoms with E-state index in [1.807, 2.05) is 18.2 Å². The molecule has 0 unspecified atom stereocenters. The van der Waals surface area contributed by atoms with Gasteiger partial charge in [0.05, 0.1) is 25.4 Å². The highest BCUT2D eigenvalue weighted by molar-refractivity contribution is 6.30. The Morgan fingerprint density at radius 2 is 2.04 bits per heavy atom. The Morgan fingerprint density at radius 3 is 2.81 bits per heavy atom. The SMILES string of the molecule is COc1ccc(Cl)cc1CN(C)C(=O)CCn1ncc(=O)c2ccccc21. The van der Waals surface area contributed by atoms with Gasteiger partial charge in [-0.2, -0.15) is 5.10 Å². The number of para-hydroxylation sites is 1. The number of rotatable bonds is 6. The van der Waals surface area contributed by atoms with Crippen LogP contribution in [0.25, 0.3) is 10.9 Å². The summed E-state index contributed by atoms with van der Waals surface area (Å²) in [4.78, 5) is 26.1. The zero-order valence-corrected chi connectivity index (χ0v) is 15.9. The van der Waals surface area contributed by atoms with Gasteiger partial charge in [0.25, 0.3) is 0 Å². The van der Waals surface area contributed by atoms with Crippen LogP contribution in [0.15, 0.2) is 53.5 Å². The van der Waals surface area contributed by atoms with Gasteiger partial charge in [0.1, 0.15) is 5.75 Å². The van der Waals surface area contributed by atoms with E-state index in [2.05, 4.69) is 5.10 Å². The lowest BCUT2D eigenvalue weighted by Crippen LogP contribution is -2.27. The number of hydrogen-bond acceptors (Lipinski definition) is 4. The van der Waals surface area contributed by atoms with Crippen molar-refractivity contribution in [2.75, 3.05) is 14.2 Å². The summed E-state index contributed by atoms with van der Waals surface area (Å²) in [5, 5.41) is 5.34. The van der Waals surface area contributed by atoms with Crippen LogP contribution in [0.1, 0.15) is 12.0 Å². The third kappa shape index (κ3) is 4.28. The minimum absolute atomic E-state index is 0.0402. The van der Waals surface area contributed by atoms with Crippen LogP contribution in [0.5, 0.6) is 5.75 Å². The molecule has 1 amide bonds. The summed E-state index contributed by atoms with van der Waals surface area (Å²) in [5.41, 5.74) is 1.43. The normalized spacial score (nSPS) is 10.8. The van der Waals surface area contributed by atoms with Crippen molar-refractivity contribution in [2.24, 2.45) is 0 Å². The summed E-state index contributed by atoms with van der Waals surface area (Å²) < 4.78 is 7.01. The molecule has 0 bridgehead atoms. The van der Waals surface area contributed by atoms with Gasteiger partial charge in [0.2, 0.25) is 11.3 Å². The number of methoxy groups -OCH3 is 1. The Labute approximate surface area is 161 Å². The van der Waals surface area contributed by atoms with E-state index in [9.17, 15) is 9.59 Å². The molecule has 0 aliphatic carbocycles. The third-order valence-corrected chi connectivity index (χ3v) is 4.61. The summed E-state index contributed by atoms with van der Waals surface area (Å²) in [5.74, 6) is 0.647. The molecule has 7 heteroatoms. The van der Waals surface area contributed by atoms with E-state index in [1.165, 1.54) is 6.20 Å². The van der Waals surface area contributed by atoms with Gasteiger partial charge in [-0.3, -0.25) is 14.3 Å². The predicted octanol–water partition coefficient (Wildman–Crippen LogP) is 3.11. The highest BCUT2D eigenvalue weighted by Gasteiger charge is 2.13. The van der Waals surface area contributed by atoms with Crippen molar-refractivity contribution in [2.45, 2.75) is 19.5 Å². The molecule has 0 aliphatic rings. The van der Waals surface area contributed by atoms with Gasteiger partial charge in [0, 0.05) is 36.0 Å². The number of aromatic nitrogens is 2. The Bertz CT molecular complexity index is 1030. The van der Waals surface area contributed by atoms with E-state index in [4.69, 9.17) is 16.3 Å². The first-order valence-corrected chi connectivity index (χ1v) is 8.88. The number of benzene rings is 2. The van der Waals surface area contributed by atoms with Crippen LogP contribution in [0.2, 0.25) is 5.02 Å². The van der Waals surface area contributed by atoms with Crippen molar-refractivity contribution in [3.8, 4) is 5.75 Å². The van der Waals surface area contributed by atoms with Gasteiger partial charge in [-0.15, -0.1) is 0 Å². The van der Waals surface area contributed by atoms with Crippen LogP contribution in [0, 0.1) is 0 Å². The lowest BCUT2D eigenvalue weighted by Gasteiger charge is -2.19. The molecule has 0 radical (unpaired) electrons. The summed E-state index contributed by atoms with van der Waals surface area (Å²) >= 11 is 6.05. The number of amides is 1. The van der Waals surface area contributed by atoms with Crippen molar-refractivity contribution in [3.63, 3.8) is 0 Å². The maximum absolute atomic E-state index is 12.6. The minimum Gasteiger partial charge on any atom is -0.496 e. The first kappa shape index (κ1) is 18.9. The number of carbonyl (C=O) groups is 1. The van der Waals surface area contributed by atoms with Gasteiger partial charge in [-0.05, 0) is 30.3 Å². The van der Waals surface area contributed by atoms with Crippen molar-refractivity contribution >= 4 is 28.4 Å². The van der Waals surface area contributed by atoms with Crippen LogP contribution in [0.4, 0.5) is 0 Å². The standard InChI is InChI=1S/C20H20ClN3O3/c1-23(13-14-11-15(21)7-8-19(14)27-2)20(26)9-10-24-17-6-4-3-5-16(17)18(25)12-22-24/h3-8,11-12H,9-10,13H2,1-2H3.